The molecule has 11 heavy (non-hydrogen) atoms. The van der Waals surface area contributed by atoms with Crippen LogP contribution in [0.2, 0.25) is 0 Å². The van der Waals surface area contributed by atoms with Crippen molar-refractivity contribution in [3.05, 3.63) is 33.3 Å². The van der Waals surface area contributed by atoms with Crippen LogP contribution in [0.3, 0.4) is 0 Å². The van der Waals surface area contributed by atoms with Crippen LogP contribution in [0.5, 0.6) is 0 Å². The fourth-order valence-corrected chi connectivity index (χ4v) is 1.55. The van der Waals surface area contributed by atoms with Gasteiger partial charge in [-0.05, 0) is 36.6 Å². The molecule has 60 valence electrons. The first-order chi connectivity index (χ1) is 5.16. The van der Waals surface area contributed by atoms with Gasteiger partial charge in [0.1, 0.15) is 0 Å². The highest BCUT2D eigenvalue weighted by molar-refractivity contribution is 9.10. The monoisotopic (exact) mass is 213 g/mol. The van der Waals surface area contributed by atoms with E-state index >= 15 is 0 Å². The minimum absolute atomic E-state index is 0.622. The van der Waals surface area contributed by atoms with Gasteiger partial charge < -0.3 is 5.73 Å². The number of hydrogen-bond acceptors (Lipinski definition) is 1. The third-order valence-corrected chi connectivity index (χ3v) is 2.83. The van der Waals surface area contributed by atoms with Crippen LogP contribution in [-0.4, -0.2) is 0 Å². The standard InChI is InChI=1S/C9H12BrN/c1-6-3-4-9(10)7(2)8(6)5-11/h3-4H,5,11H2,1-2H3. The molecule has 0 bridgehead atoms. The Morgan fingerprint density at radius 3 is 2.45 bits per heavy atom. The smallest absolute Gasteiger partial charge is 0.0207 e. The van der Waals surface area contributed by atoms with Gasteiger partial charge in [-0.3, -0.25) is 0 Å². The third-order valence-electron chi connectivity index (χ3n) is 1.97. The molecule has 0 heterocycles. The van der Waals surface area contributed by atoms with Crippen LogP contribution < -0.4 is 5.73 Å². The van der Waals surface area contributed by atoms with Gasteiger partial charge in [-0.2, -0.15) is 0 Å². The fourth-order valence-electron chi connectivity index (χ4n) is 1.18. The van der Waals surface area contributed by atoms with Crippen molar-refractivity contribution in [2.24, 2.45) is 5.73 Å². The van der Waals surface area contributed by atoms with Crippen molar-refractivity contribution in [1.29, 1.82) is 0 Å². The van der Waals surface area contributed by atoms with E-state index in [0.29, 0.717) is 6.54 Å². The lowest BCUT2D eigenvalue weighted by Gasteiger charge is -2.08. The Morgan fingerprint density at radius 1 is 1.36 bits per heavy atom. The predicted molar refractivity (Wildman–Crippen MR) is 51.5 cm³/mol. The highest BCUT2D eigenvalue weighted by Crippen LogP contribution is 2.21. The van der Waals surface area contributed by atoms with Crippen molar-refractivity contribution < 1.29 is 0 Å². The third kappa shape index (κ3) is 1.63. The van der Waals surface area contributed by atoms with Crippen molar-refractivity contribution in [2.75, 3.05) is 0 Å². The van der Waals surface area contributed by atoms with Gasteiger partial charge in [0.2, 0.25) is 0 Å². The van der Waals surface area contributed by atoms with E-state index in [1.165, 1.54) is 16.7 Å². The molecule has 1 aromatic rings. The van der Waals surface area contributed by atoms with Crippen molar-refractivity contribution in [3.8, 4) is 0 Å². The zero-order chi connectivity index (χ0) is 8.43. The number of aryl methyl sites for hydroxylation is 1. The summed E-state index contributed by atoms with van der Waals surface area (Å²) in [5, 5.41) is 0. The quantitative estimate of drug-likeness (QED) is 0.763. The fraction of sp³-hybridized carbons (Fsp3) is 0.333. The maximum Gasteiger partial charge on any atom is 0.0207 e. The molecule has 0 saturated carbocycles. The number of benzene rings is 1. The summed E-state index contributed by atoms with van der Waals surface area (Å²) in [5.41, 5.74) is 9.38. The lowest BCUT2D eigenvalue weighted by Crippen LogP contribution is -2.02. The zero-order valence-electron chi connectivity index (χ0n) is 6.82. The van der Waals surface area contributed by atoms with E-state index in [2.05, 4.69) is 41.9 Å². The predicted octanol–water partition coefficient (Wildman–Crippen LogP) is 2.52. The normalized spacial score (nSPS) is 10.2. The molecule has 0 saturated heterocycles. The Labute approximate surface area is 75.7 Å². The maximum atomic E-state index is 5.60. The maximum absolute atomic E-state index is 5.60. The van der Waals surface area contributed by atoms with Crippen LogP contribution in [-0.2, 0) is 6.54 Å². The number of halogens is 1. The second-order valence-electron chi connectivity index (χ2n) is 2.67. The van der Waals surface area contributed by atoms with Gasteiger partial charge in [-0.25, -0.2) is 0 Å². The molecule has 0 fully saturated rings. The molecule has 2 heteroatoms. The van der Waals surface area contributed by atoms with Crippen molar-refractivity contribution in [3.63, 3.8) is 0 Å². The van der Waals surface area contributed by atoms with E-state index in [9.17, 15) is 0 Å². The van der Waals surface area contributed by atoms with Crippen molar-refractivity contribution in [1.82, 2.24) is 0 Å². The van der Waals surface area contributed by atoms with Gasteiger partial charge in [-0.15, -0.1) is 0 Å². The van der Waals surface area contributed by atoms with Crippen LogP contribution in [0.25, 0.3) is 0 Å². The lowest BCUT2D eigenvalue weighted by atomic mass is 10.0. The first-order valence-electron chi connectivity index (χ1n) is 3.61. The van der Waals surface area contributed by atoms with Crippen molar-refractivity contribution >= 4 is 15.9 Å². The SMILES string of the molecule is Cc1ccc(Br)c(C)c1CN. The summed E-state index contributed by atoms with van der Waals surface area (Å²) in [7, 11) is 0. The minimum Gasteiger partial charge on any atom is -0.326 e. The Hall–Kier alpha value is -0.340. The summed E-state index contributed by atoms with van der Waals surface area (Å²) in [5.74, 6) is 0. The summed E-state index contributed by atoms with van der Waals surface area (Å²) in [6.45, 7) is 4.79. The lowest BCUT2D eigenvalue weighted by molar-refractivity contribution is 1.02. The van der Waals surface area contributed by atoms with Crippen LogP contribution in [0, 0.1) is 13.8 Å². The van der Waals surface area contributed by atoms with Crippen LogP contribution >= 0.6 is 15.9 Å². The van der Waals surface area contributed by atoms with Crippen LogP contribution in [0.1, 0.15) is 16.7 Å². The second-order valence-corrected chi connectivity index (χ2v) is 3.53. The molecule has 0 radical (unpaired) electrons. The molecule has 1 rings (SSSR count). The number of hydrogen-bond donors (Lipinski definition) is 1. The Kier molecular flexibility index (Phi) is 2.68. The van der Waals surface area contributed by atoms with E-state index in [0.717, 1.165) is 4.47 Å². The molecular formula is C9H12BrN. The van der Waals surface area contributed by atoms with E-state index in [1.807, 2.05) is 0 Å². The molecule has 2 N–H and O–H groups in total. The molecule has 0 spiro atoms. The zero-order valence-corrected chi connectivity index (χ0v) is 8.40. The largest absolute Gasteiger partial charge is 0.326 e. The van der Waals surface area contributed by atoms with Gasteiger partial charge in [0.15, 0.2) is 0 Å². The van der Waals surface area contributed by atoms with Crippen molar-refractivity contribution in [2.45, 2.75) is 20.4 Å². The first kappa shape index (κ1) is 8.75. The average molecular weight is 214 g/mol. The molecule has 0 aromatic heterocycles. The van der Waals surface area contributed by atoms with Gasteiger partial charge in [0.05, 0.1) is 0 Å². The minimum atomic E-state index is 0.622. The van der Waals surface area contributed by atoms with E-state index in [1.54, 1.807) is 0 Å². The Bertz CT molecular complexity index is 269. The molecule has 0 aliphatic heterocycles. The topological polar surface area (TPSA) is 26.0 Å². The van der Waals surface area contributed by atoms with E-state index in [-0.39, 0.29) is 0 Å². The van der Waals surface area contributed by atoms with Crippen LogP contribution in [0.4, 0.5) is 0 Å². The highest BCUT2D eigenvalue weighted by Gasteiger charge is 2.02. The molecule has 0 unspecified atom stereocenters. The Balaban J connectivity index is 3.29. The second kappa shape index (κ2) is 3.37. The average Bonchev–Trinajstić information content (AvgIpc) is 1.99. The van der Waals surface area contributed by atoms with E-state index < -0.39 is 0 Å². The molecule has 0 atom stereocenters. The summed E-state index contributed by atoms with van der Waals surface area (Å²) in [4.78, 5) is 0. The first-order valence-corrected chi connectivity index (χ1v) is 4.40. The van der Waals surface area contributed by atoms with E-state index in [4.69, 9.17) is 5.73 Å². The summed E-state index contributed by atoms with van der Waals surface area (Å²) >= 11 is 3.47. The summed E-state index contributed by atoms with van der Waals surface area (Å²) in [6, 6.07) is 4.14. The molecule has 0 amide bonds. The molecule has 0 aliphatic carbocycles. The molecular weight excluding hydrogens is 202 g/mol. The van der Waals surface area contributed by atoms with Gasteiger partial charge >= 0.3 is 0 Å². The van der Waals surface area contributed by atoms with Gasteiger partial charge in [0.25, 0.3) is 0 Å². The molecule has 0 aliphatic rings. The number of rotatable bonds is 1. The van der Waals surface area contributed by atoms with Crippen LogP contribution in [0.15, 0.2) is 16.6 Å². The summed E-state index contributed by atoms with van der Waals surface area (Å²) < 4.78 is 1.14. The number of nitrogens with two attached hydrogens (primary N) is 1. The van der Waals surface area contributed by atoms with Gasteiger partial charge in [0, 0.05) is 11.0 Å². The summed E-state index contributed by atoms with van der Waals surface area (Å²) in [6.07, 6.45) is 0. The molecule has 1 aromatic carbocycles. The highest BCUT2D eigenvalue weighted by atomic mass is 79.9. The van der Waals surface area contributed by atoms with Gasteiger partial charge in [-0.1, -0.05) is 22.0 Å². The molecule has 1 nitrogen and oxygen atoms in total. The Morgan fingerprint density at radius 2 is 2.00 bits per heavy atom.